The minimum atomic E-state index is -4.38. The molecule has 1 aliphatic rings. The van der Waals surface area contributed by atoms with Gasteiger partial charge in [0.15, 0.2) is 6.61 Å². The fourth-order valence-corrected chi connectivity index (χ4v) is 4.87. The lowest BCUT2D eigenvalue weighted by Crippen LogP contribution is -2.21. The number of rotatable bonds is 10. The van der Waals surface area contributed by atoms with Crippen LogP contribution in [0.2, 0.25) is 0 Å². The molecule has 32 heavy (non-hydrogen) atoms. The molecule has 7 nitrogen and oxygen atoms in total. The summed E-state index contributed by atoms with van der Waals surface area (Å²) < 4.78 is 27.0. The van der Waals surface area contributed by atoms with Crippen LogP contribution in [-0.2, 0) is 24.8 Å². The van der Waals surface area contributed by atoms with Crippen LogP contribution in [0.1, 0.15) is 70.9 Å². The molecule has 3 atom stereocenters. The SMILES string of the molecule is C=C(C)[C@@H]1CCC(C)=C[C@H]1c1c(O)cc(CCC)cc1OC(=O)COP(=O)(O)OC(C)C. The summed E-state index contributed by atoms with van der Waals surface area (Å²) >= 11 is 0. The van der Waals surface area contributed by atoms with E-state index in [0.29, 0.717) is 12.0 Å². The first-order valence-electron chi connectivity index (χ1n) is 11.0. The summed E-state index contributed by atoms with van der Waals surface area (Å²) in [5.41, 5.74) is 3.52. The van der Waals surface area contributed by atoms with Crippen LogP contribution >= 0.6 is 7.82 Å². The van der Waals surface area contributed by atoms with Gasteiger partial charge in [0.25, 0.3) is 0 Å². The third-order valence-electron chi connectivity index (χ3n) is 5.35. The fourth-order valence-electron chi connectivity index (χ4n) is 4.01. The molecule has 2 N–H and O–H groups in total. The molecule has 1 unspecified atom stereocenters. The zero-order valence-electron chi connectivity index (χ0n) is 19.6. The topological polar surface area (TPSA) is 102 Å². The number of hydrogen-bond donors (Lipinski definition) is 2. The molecule has 1 aromatic rings. The summed E-state index contributed by atoms with van der Waals surface area (Å²) in [5.74, 6) is -0.690. The van der Waals surface area contributed by atoms with E-state index in [0.717, 1.165) is 30.4 Å². The highest BCUT2D eigenvalue weighted by atomic mass is 31.2. The van der Waals surface area contributed by atoms with Crippen molar-refractivity contribution in [2.45, 2.75) is 72.3 Å². The molecule has 0 heterocycles. The highest BCUT2D eigenvalue weighted by Crippen LogP contribution is 2.47. The minimum absolute atomic E-state index is 0.0536. The molecule has 2 rings (SSSR count). The van der Waals surface area contributed by atoms with Gasteiger partial charge in [0, 0.05) is 11.5 Å². The Hall–Kier alpha value is -1.92. The number of allylic oxidation sites excluding steroid dienone is 3. The van der Waals surface area contributed by atoms with E-state index in [9.17, 15) is 19.4 Å². The van der Waals surface area contributed by atoms with Crippen LogP contribution in [0, 0.1) is 5.92 Å². The number of phosphoric ester groups is 1. The zero-order valence-corrected chi connectivity index (χ0v) is 20.5. The molecule has 0 radical (unpaired) electrons. The Labute approximate surface area is 190 Å². The van der Waals surface area contributed by atoms with Crippen molar-refractivity contribution in [2.24, 2.45) is 5.92 Å². The van der Waals surface area contributed by atoms with Gasteiger partial charge < -0.3 is 14.7 Å². The van der Waals surface area contributed by atoms with E-state index in [1.54, 1.807) is 26.0 Å². The molecule has 0 saturated heterocycles. The summed E-state index contributed by atoms with van der Waals surface area (Å²) in [5, 5.41) is 10.9. The Morgan fingerprint density at radius 2 is 2.03 bits per heavy atom. The van der Waals surface area contributed by atoms with Gasteiger partial charge in [0.1, 0.15) is 11.5 Å². The third kappa shape index (κ3) is 7.31. The molecule has 178 valence electrons. The van der Waals surface area contributed by atoms with Crippen molar-refractivity contribution in [1.29, 1.82) is 0 Å². The quantitative estimate of drug-likeness (QED) is 0.194. The second-order valence-electron chi connectivity index (χ2n) is 8.68. The number of carbonyl (C=O) groups excluding carboxylic acids is 1. The molecule has 0 saturated carbocycles. The Bertz CT molecular complexity index is 919. The van der Waals surface area contributed by atoms with Crippen molar-refractivity contribution in [3.63, 3.8) is 0 Å². The number of phenolic OH excluding ortho intramolecular Hbond substituents is 1. The first kappa shape index (κ1) is 26.3. The van der Waals surface area contributed by atoms with Gasteiger partial charge in [0.05, 0.1) is 6.10 Å². The number of benzene rings is 1. The zero-order chi connectivity index (χ0) is 24.1. The predicted octanol–water partition coefficient (Wildman–Crippen LogP) is 5.81. The Kier molecular flexibility index (Phi) is 9.28. The number of phosphoric acid groups is 1. The van der Waals surface area contributed by atoms with Crippen LogP contribution in [0.25, 0.3) is 0 Å². The number of hydrogen-bond acceptors (Lipinski definition) is 6. The number of aromatic hydroxyl groups is 1. The molecular weight excluding hydrogens is 431 g/mol. The lowest BCUT2D eigenvalue weighted by atomic mass is 9.73. The van der Waals surface area contributed by atoms with Gasteiger partial charge in [-0.2, -0.15) is 0 Å². The van der Waals surface area contributed by atoms with Gasteiger partial charge in [-0.25, -0.2) is 9.36 Å². The normalized spacial score (nSPS) is 20.5. The smallest absolute Gasteiger partial charge is 0.472 e. The fraction of sp³-hybridized carbons (Fsp3) is 0.542. The Balaban J connectivity index is 2.38. The maximum absolute atomic E-state index is 12.5. The minimum Gasteiger partial charge on any atom is -0.507 e. The number of carbonyl (C=O) groups is 1. The van der Waals surface area contributed by atoms with E-state index in [1.165, 1.54) is 5.57 Å². The summed E-state index contributed by atoms with van der Waals surface area (Å²) in [6.45, 7) is 12.5. The maximum Gasteiger partial charge on any atom is 0.472 e. The Morgan fingerprint density at radius 3 is 2.62 bits per heavy atom. The van der Waals surface area contributed by atoms with Gasteiger partial charge in [0.2, 0.25) is 0 Å². The lowest BCUT2D eigenvalue weighted by Gasteiger charge is -2.32. The second kappa shape index (κ2) is 11.3. The van der Waals surface area contributed by atoms with Crippen molar-refractivity contribution in [1.82, 2.24) is 0 Å². The summed E-state index contributed by atoms with van der Waals surface area (Å²) in [4.78, 5) is 22.2. The summed E-state index contributed by atoms with van der Waals surface area (Å²) in [7, 11) is -4.38. The molecule has 0 aromatic heterocycles. The monoisotopic (exact) mass is 466 g/mol. The standard InChI is InChI=1S/C24H35O7P/c1-7-8-18-12-21(25)24(20-11-17(6)9-10-19(20)15(2)3)22(13-18)30-23(26)14-29-32(27,28)31-16(4)5/h11-13,16,19-20,25H,2,7-10,14H2,1,3-6H3,(H,27,28)/t19-,20+/m0/s1. The van der Waals surface area contributed by atoms with Gasteiger partial charge >= 0.3 is 13.8 Å². The van der Waals surface area contributed by atoms with Crippen LogP contribution in [0.4, 0.5) is 0 Å². The number of aryl methyl sites for hydroxylation is 1. The van der Waals surface area contributed by atoms with Crippen molar-refractivity contribution >= 4 is 13.8 Å². The van der Waals surface area contributed by atoms with Crippen LogP contribution < -0.4 is 4.74 Å². The average molecular weight is 467 g/mol. The van der Waals surface area contributed by atoms with Crippen LogP contribution in [0.5, 0.6) is 11.5 Å². The van der Waals surface area contributed by atoms with Crippen molar-refractivity contribution in [3.8, 4) is 11.5 Å². The first-order valence-corrected chi connectivity index (χ1v) is 12.5. The lowest BCUT2D eigenvalue weighted by molar-refractivity contribution is -0.137. The molecule has 0 fully saturated rings. The molecule has 1 aromatic carbocycles. The number of ether oxygens (including phenoxy) is 1. The number of esters is 1. The van der Waals surface area contributed by atoms with Crippen molar-refractivity contribution in [3.05, 3.63) is 47.1 Å². The summed E-state index contributed by atoms with van der Waals surface area (Å²) in [6, 6.07) is 3.45. The molecule has 0 amide bonds. The molecular formula is C24H35O7P. The summed E-state index contributed by atoms with van der Waals surface area (Å²) in [6.07, 6.45) is 4.92. The molecule has 1 aliphatic carbocycles. The van der Waals surface area contributed by atoms with Crippen molar-refractivity contribution < 1.29 is 33.1 Å². The number of phenols is 1. The first-order chi connectivity index (χ1) is 14.9. The molecule has 0 spiro atoms. The van der Waals surface area contributed by atoms with Gasteiger partial charge in [-0.15, -0.1) is 0 Å². The molecule has 0 aliphatic heterocycles. The van der Waals surface area contributed by atoms with Gasteiger partial charge in [-0.1, -0.05) is 37.1 Å². The van der Waals surface area contributed by atoms with Crippen LogP contribution in [0.15, 0.2) is 35.9 Å². The van der Waals surface area contributed by atoms with Crippen LogP contribution in [-0.4, -0.2) is 28.7 Å². The van der Waals surface area contributed by atoms with Crippen molar-refractivity contribution in [2.75, 3.05) is 6.61 Å². The highest BCUT2D eigenvalue weighted by molar-refractivity contribution is 7.47. The Morgan fingerprint density at radius 1 is 1.34 bits per heavy atom. The largest absolute Gasteiger partial charge is 0.507 e. The van der Waals surface area contributed by atoms with E-state index in [-0.39, 0.29) is 23.3 Å². The van der Waals surface area contributed by atoms with Crippen LogP contribution in [0.3, 0.4) is 0 Å². The van der Waals surface area contributed by atoms with Gasteiger partial charge in [-0.3, -0.25) is 9.05 Å². The maximum atomic E-state index is 12.5. The van der Waals surface area contributed by atoms with E-state index in [1.807, 2.05) is 20.8 Å². The second-order valence-corrected chi connectivity index (χ2v) is 10.1. The van der Waals surface area contributed by atoms with E-state index < -0.39 is 26.5 Å². The van der Waals surface area contributed by atoms with E-state index in [2.05, 4.69) is 12.7 Å². The van der Waals surface area contributed by atoms with E-state index in [4.69, 9.17) is 13.8 Å². The van der Waals surface area contributed by atoms with E-state index >= 15 is 0 Å². The van der Waals surface area contributed by atoms with Gasteiger partial charge in [-0.05, 0) is 70.6 Å². The molecule has 0 bridgehead atoms. The third-order valence-corrected chi connectivity index (χ3v) is 6.49. The average Bonchev–Trinajstić information content (AvgIpc) is 2.65. The molecule has 8 heteroatoms. The predicted molar refractivity (Wildman–Crippen MR) is 124 cm³/mol. The highest BCUT2D eigenvalue weighted by Gasteiger charge is 2.32.